The Balaban J connectivity index is 1.89. The smallest absolute Gasteiger partial charge is 0.251 e. The number of guanidine groups is 1. The third-order valence-corrected chi connectivity index (χ3v) is 4.55. The fraction of sp³-hybridized carbons (Fsp3) is 0.391. The summed E-state index contributed by atoms with van der Waals surface area (Å²) < 4.78 is 5.89. The van der Waals surface area contributed by atoms with Crippen LogP contribution in [0.15, 0.2) is 53.5 Å². The van der Waals surface area contributed by atoms with Gasteiger partial charge < -0.3 is 20.3 Å². The number of aliphatic imine (C=N–C) groups is 1. The maximum absolute atomic E-state index is 11.8. The first-order valence-electron chi connectivity index (χ1n) is 10.0. The molecule has 0 aliphatic heterocycles. The van der Waals surface area contributed by atoms with Gasteiger partial charge in [0.25, 0.3) is 5.91 Å². The third kappa shape index (κ3) is 7.14. The summed E-state index contributed by atoms with van der Waals surface area (Å²) in [6.45, 7) is 6.85. The molecule has 0 saturated heterocycles. The van der Waals surface area contributed by atoms with Gasteiger partial charge in [-0.2, -0.15) is 0 Å². The highest BCUT2D eigenvalue weighted by molar-refractivity contribution is 5.94. The van der Waals surface area contributed by atoms with Crippen LogP contribution in [0.3, 0.4) is 0 Å². The van der Waals surface area contributed by atoms with Crippen molar-refractivity contribution in [3.05, 3.63) is 65.2 Å². The van der Waals surface area contributed by atoms with Crippen molar-refractivity contribution < 1.29 is 9.53 Å². The van der Waals surface area contributed by atoms with E-state index in [0.29, 0.717) is 18.7 Å². The molecule has 6 heteroatoms. The normalized spacial score (nSPS) is 11.1. The molecule has 0 spiro atoms. The zero-order valence-corrected chi connectivity index (χ0v) is 17.9. The summed E-state index contributed by atoms with van der Waals surface area (Å²) in [5, 5.41) is 5.98. The van der Waals surface area contributed by atoms with E-state index in [1.165, 1.54) is 0 Å². The number of para-hydroxylation sites is 1. The molecule has 2 rings (SSSR count). The second kappa shape index (κ2) is 11.7. The summed E-state index contributed by atoms with van der Waals surface area (Å²) in [7, 11) is 3.65. The van der Waals surface area contributed by atoms with E-state index in [1.54, 1.807) is 7.05 Å². The molecule has 0 unspecified atom stereocenters. The number of benzene rings is 2. The van der Waals surface area contributed by atoms with E-state index in [2.05, 4.69) is 22.5 Å². The van der Waals surface area contributed by atoms with E-state index in [9.17, 15) is 4.79 Å². The molecule has 2 aromatic carbocycles. The molecule has 156 valence electrons. The Morgan fingerprint density at radius 1 is 1.17 bits per heavy atom. The van der Waals surface area contributed by atoms with Crippen LogP contribution in [-0.2, 0) is 6.42 Å². The summed E-state index contributed by atoms with van der Waals surface area (Å²) in [6, 6.07) is 15.7. The molecular formula is C23H32N4O2. The Kier molecular flexibility index (Phi) is 9.02. The molecule has 0 aromatic heterocycles. The number of aryl methyl sites for hydroxylation is 1. The Morgan fingerprint density at radius 3 is 2.69 bits per heavy atom. The molecule has 2 aromatic rings. The second-order valence-electron chi connectivity index (χ2n) is 6.80. The molecule has 6 nitrogen and oxygen atoms in total. The predicted octanol–water partition coefficient (Wildman–Crippen LogP) is 2.87. The second-order valence-corrected chi connectivity index (χ2v) is 6.80. The SMILES string of the molecule is CCNC(=NCCc1cccc(C(=O)NC)c1)N(C)CCOc1ccccc1C. The van der Waals surface area contributed by atoms with Crippen molar-refractivity contribution in [3.63, 3.8) is 0 Å². The number of hydrogen-bond donors (Lipinski definition) is 2. The molecular weight excluding hydrogens is 364 g/mol. The first-order chi connectivity index (χ1) is 14.0. The third-order valence-electron chi connectivity index (χ3n) is 4.55. The number of nitrogens with zero attached hydrogens (tertiary/aromatic N) is 2. The predicted molar refractivity (Wildman–Crippen MR) is 119 cm³/mol. The first kappa shape index (κ1) is 22.3. The average molecular weight is 397 g/mol. The standard InChI is InChI=1S/C23H32N4O2/c1-5-25-23(27(4)15-16-29-21-12-7-6-9-18(21)2)26-14-13-19-10-8-11-20(17-19)22(28)24-3/h6-12,17H,5,13-16H2,1-4H3,(H,24,28)(H,25,26). The van der Waals surface area contributed by atoms with E-state index in [1.807, 2.05) is 62.5 Å². The van der Waals surface area contributed by atoms with Crippen LogP contribution in [0.4, 0.5) is 0 Å². The van der Waals surface area contributed by atoms with E-state index in [-0.39, 0.29) is 5.91 Å². The summed E-state index contributed by atoms with van der Waals surface area (Å²) in [6.07, 6.45) is 0.771. The summed E-state index contributed by atoms with van der Waals surface area (Å²) >= 11 is 0. The lowest BCUT2D eigenvalue weighted by atomic mass is 10.1. The van der Waals surface area contributed by atoms with Crippen molar-refractivity contribution in [1.82, 2.24) is 15.5 Å². The van der Waals surface area contributed by atoms with Crippen LogP contribution in [0.1, 0.15) is 28.4 Å². The van der Waals surface area contributed by atoms with Crippen LogP contribution in [-0.4, -0.2) is 57.1 Å². The minimum atomic E-state index is -0.0722. The molecule has 0 aliphatic carbocycles. The monoisotopic (exact) mass is 396 g/mol. The largest absolute Gasteiger partial charge is 0.491 e. The first-order valence-corrected chi connectivity index (χ1v) is 10.0. The van der Waals surface area contributed by atoms with Gasteiger partial charge in [0, 0.05) is 32.7 Å². The summed E-state index contributed by atoms with van der Waals surface area (Å²) in [5.41, 5.74) is 2.90. The molecule has 29 heavy (non-hydrogen) atoms. The van der Waals surface area contributed by atoms with Crippen molar-refractivity contribution >= 4 is 11.9 Å². The topological polar surface area (TPSA) is 66.0 Å². The Morgan fingerprint density at radius 2 is 1.97 bits per heavy atom. The lowest BCUT2D eigenvalue weighted by molar-refractivity contribution is 0.0963. The zero-order chi connectivity index (χ0) is 21.1. The molecule has 0 heterocycles. The van der Waals surface area contributed by atoms with E-state index >= 15 is 0 Å². The van der Waals surface area contributed by atoms with Crippen molar-refractivity contribution in [2.45, 2.75) is 20.3 Å². The van der Waals surface area contributed by atoms with Gasteiger partial charge in [-0.05, 0) is 49.6 Å². The highest BCUT2D eigenvalue weighted by Gasteiger charge is 2.07. The van der Waals surface area contributed by atoms with Crippen LogP contribution >= 0.6 is 0 Å². The minimum Gasteiger partial charge on any atom is -0.491 e. The number of likely N-dealkylation sites (N-methyl/N-ethyl adjacent to an activating group) is 1. The number of carbonyl (C=O) groups is 1. The van der Waals surface area contributed by atoms with Gasteiger partial charge >= 0.3 is 0 Å². The summed E-state index contributed by atoms with van der Waals surface area (Å²) in [4.78, 5) is 18.6. The van der Waals surface area contributed by atoms with Crippen LogP contribution < -0.4 is 15.4 Å². The van der Waals surface area contributed by atoms with Crippen molar-refractivity contribution in [3.8, 4) is 5.75 Å². The minimum absolute atomic E-state index is 0.0722. The number of amides is 1. The van der Waals surface area contributed by atoms with Gasteiger partial charge in [0.2, 0.25) is 0 Å². The fourth-order valence-electron chi connectivity index (χ4n) is 2.89. The molecule has 0 saturated carbocycles. The number of carbonyl (C=O) groups excluding carboxylic acids is 1. The maximum atomic E-state index is 11.8. The molecule has 0 bridgehead atoms. The lowest BCUT2D eigenvalue weighted by Gasteiger charge is -2.22. The number of ether oxygens (including phenoxy) is 1. The van der Waals surface area contributed by atoms with Gasteiger partial charge in [-0.1, -0.05) is 30.3 Å². The van der Waals surface area contributed by atoms with Crippen LogP contribution in [0.5, 0.6) is 5.75 Å². The highest BCUT2D eigenvalue weighted by Crippen LogP contribution is 2.15. The van der Waals surface area contributed by atoms with Crippen molar-refractivity contribution in [2.75, 3.05) is 40.3 Å². The average Bonchev–Trinajstić information content (AvgIpc) is 2.74. The van der Waals surface area contributed by atoms with Gasteiger partial charge in [0.05, 0.1) is 6.54 Å². The molecule has 0 atom stereocenters. The van der Waals surface area contributed by atoms with E-state index in [0.717, 1.165) is 42.3 Å². The molecule has 0 fully saturated rings. The van der Waals surface area contributed by atoms with Gasteiger partial charge in [0.15, 0.2) is 5.96 Å². The molecule has 0 aliphatic rings. The Labute approximate surface area is 174 Å². The van der Waals surface area contributed by atoms with Crippen molar-refractivity contribution in [2.24, 2.45) is 4.99 Å². The quantitative estimate of drug-likeness (QED) is 0.505. The van der Waals surface area contributed by atoms with Crippen molar-refractivity contribution in [1.29, 1.82) is 0 Å². The summed E-state index contributed by atoms with van der Waals surface area (Å²) in [5.74, 6) is 1.69. The van der Waals surface area contributed by atoms with Gasteiger partial charge in [-0.15, -0.1) is 0 Å². The molecule has 2 N–H and O–H groups in total. The number of hydrogen-bond acceptors (Lipinski definition) is 3. The Bertz CT molecular complexity index is 820. The molecule has 1 amide bonds. The van der Waals surface area contributed by atoms with Crippen LogP contribution in [0.2, 0.25) is 0 Å². The Hall–Kier alpha value is -3.02. The highest BCUT2D eigenvalue weighted by atomic mass is 16.5. The van der Waals surface area contributed by atoms with E-state index in [4.69, 9.17) is 9.73 Å². The fourth-order valence-corrected chi connectivity index (χ4v) is 2.89. The van der Waals surface area contributed by atoms with Crippen LogP contribution in [0, 0.1) is 6.92 Å². The maximum Gasteiger partial charge on any atom is 0.251 e. The van der Waals surface area contributed by atoms with Gasteiger partial charge in [0.1, 0.15) is 12.4 Å². The zero-order valence-electron chi connectivity index (χ0n) is 17.9. The number of nitrogens with one attached hydrogen (secondary N) is 2. The van der Waals surface area contributed by atoms with Crippen LogP contribution in [0.25, 0.3) is 0 Å². The number of rotatable bonds is 9. The molecule has 0 radical (unpaired) electrons. The lowest BCUT2D eigenvalue weighted by Crippen LogP contribution is -2.41. The van der Waals surface area contributed by atoms with E-state index < -0.39 is 0 Å². The van der Waals surface area contributed by atoms with Gasteiger partial charge in [-0.25, -0.2) is 0 Å². The van der Waals surface area contributed by atoms with Gasteiger partial charge in [-0.3, -0.25) is 9.79 Å².